The topological polar surface area (TPSA) is 81.6 Å². The van der Waals surface area contributed by atoms with Gasteiger partial charge in [-0.15, -0.1) is 0 Å². The molecule has 35 heavy (non-hydrogen) atoms. The number of hydrogen-bond acceptors (Lipinski definition) is 6. The standard InChI is InChI=1S/C28H35N5O2/c1-4-19-10-9-18(2)33(17-19)27(35)20-11-13-22(14-12-20)30-28-29-16-21-15-25(34)32(3)24-8-6-5-7-23(24)26(21)31-28/h5-6,8,11-14,16,18-19,23,27,35H,4,7,9-10,15,17H2,1-3H3,(H,29,30,31). The number of amides is 1. The van der Waals surface area contributed by atoms with Crippen LogP contribution in [0.1, 0.15) is 68.5 Å². The maximum absolute atomic E-state index is 12.6. The van der Waals surface area contributed by atoms with Crippen molar-refractivity contribution in [3.63, 3.8) is 0 Å². The molecule has 1 saturated heterocycles. The fraction of sp³-hybridized carbons (Fsp3) is 0.464. The maximum Gasteiger partial charge on any atom is 0.231 e. The van der Waals surface area contributed by atoms with Gasteiger partial charge in [-0.25, -0.2) is 9.97 Å². The summed E-state index contributed by atoms with van der Waals surface area (Å²) in [5, 5.41) is 14.4. The van der Waals surface area contributed by atoms with Crippen molar-refractivity contribution in [2.75, 3.05) is 18.9 Å². The fourth-order valence-corrected chi connectivity index (χ4v) is 5.50. The molecular formula is C28H35N5O2. The van der Waals surface area contributed by atoms with E-state index in [1.54, 1.807) is 11.1 Å². The minimum atomic E-state index is -0.601. The molecule has 3 heterocycles. The van der Waals surface area contributed by atoms with Crippen molar-refractivity contribution in [2.24, 2.45) is 5.92 Å². The molecule has 1 aromatic carbocycles. The highest BCUT2D eigenvalue weighted by molar-refractivity contribution is 5.82. The Bertz CT molecular complexity index is 1140. The lowest BCUT2D eigenvalue weighted by Crippen LogP contribution is -2.43. The first-order chi connectivity index (χ1) is 16.9. The third kappa shape index (κ3) is 4.75. The molecule has 4 atom stereocenters. The molecule has 4 unspecified atom stereocenters. The van der Waals surface area contributed by atoms with E-state index in [9.17, 15) is 9.90 Å². The first kappa shape index (κ1) is 23.7. The first-order valence-electron chi connectivity index (χ1n) is 12.7. The van der Waals surface area contributed by atoms with Crippen LogP contribution in [0.5, 0.6) is 0 Å². The van der Waals surface area contributed by atoms with E-state index < -0.39 is 6.23 Å². The summed E-state index contributed by atoms with van der Waals surface area (Å²) in [6.07, 6.45) is 11.9. The summed E-state index contributed by atoms with van der Waals surface area (Å²) in [6.45, 7) is 5.37. The Morgan fingerprint density at radius 1 is 1.23 bits per heavy atom. The zero-order chi connectivity index (χ0) is 24.5. The lowest BCUT2D eigenvalue weighted by atomic mass is 9.91. The number of anilines is 2. The minimum absolute atomic E-state index is 0.0472. The van der Waals surface area contributed by atoms with Crippen LogP contribution in [0.25, 0.3) is 0 Å². The van der Waals surface area contributed by atoms with Crippen molar-refractivity contribution in [3.05, 3.63) is 71.2 Å². The van der Waals surface area contributed by atoms with Gasteiger partial charge in [0.1, 0.15) is 6.23 Å². The Hall–Kier alpha value is -3.03. The smallest absolute Gasteiger partial charge is 0.231 e. The van der Waals surface area contributed by atoms with Gasteiger partial charge in [0.2, 0.25) is 11.9 Å². The van der Waals surface area contributed by atoms with Crippen molar-refractivity contribution in [3.8, 4) is 0 Å². The lowest BCUT2D eigenvalue weighted by Gasteiger charge is -2.40. The molecule has 2 aliphatic heterocycles. The number of carbonyl (C=O) groups excluding carboxylic acids is 1. The van der Waals surface area contributed by atoms with Gasteiger partial charge in [0, 0.05) is 48.7 Å². The second kappa shape index (κ2) is 9.91. The highest BCUT2D eigenvalue weighted by Gasteiger charge is 2.32. The van der Waals surface area contributed by atoms with Crippen LogP contribution in [0.3, 0.4) is 0 Å². The van der Waals surface area contributed by atoms with Gasteiger partial charge in [-0.1, -0.05) is 37.6 Å². The van der Waals surface area contributed by atoms with Crippen LogP contribution in [0.15, 0.2) is 54.4 Å². The number of nitrogens with one attached hydrogen (secondary N) is 1. The van der Waals surface area contributed by atoms with Crippen LogP contribution in [-0.4, -0.2) is 50.4 Å². The Morgan fingerprint density at radius 2 is 2.03 bits per heavy atom. The molecule has 5 rings (SSSR count). The van der Waals surface area contributed by atoms with E-state index in [1.165, 1.54) is 6.42 Å². The van der Waals surface area contributed by atoms with Gasteiger partial charge >= 0.3 is 0 Å². The molecule has 0 radical (unpaired) electrons. The summed E-state index contributed by atoms with van der Waals surface area (Å²) in [4.78, 5) is 25.9. The number of nitrogens with zero attached hydrogens (tertiary/aromatic N) is 4. The number of fused-ring (bicyclic) bond motifs is 3. The number of likely N-dealkylation sites (N-methyl/N-ethyl adjacent to an activating group) is 1. The van der Waals surface area contributed by atoms with Gasteiger partial charge in [-0.3, -0.25) is 9.69 Å². The van der Waals surface area contributed by atoms with Crippen LogP contribution in [-0.2, 0) is 11.2 Å². The largest absolute Gasteiger partial charge is 0.374 e. The van der Waals surface area contributed by atoms with Gasteiger partial charge in [-0.2, -0.15) is 0 Å². The van der Waals surface area contributed by atoms with Crippen LogP contribution in [0, 0.1) is 5.92 Å². The van der Waals surface area contributed by atoms with Crippen LogP contribution < -0.4 is 5.32 Å². The Morgan fingerprint density at radius 3 is 2.80 bits per heavy atom. The zero-order valence-electron chi connectivity index (χ0n) is 20.8. The molecule has 0 bridgehead atoms. The number of hydrogen-bond donors (Lipinski definition) is 2. The van der Waals surface area contributed by atoms with E-state index >= 15 is 0 Å². The molecule has 7 heteroatoms. The van der Waals surface area contributed by atoms with Crippen LogP contribution in [0.4, 0.5) is 11.6 Å². The van der Waals surface area contributed by atoms with Gasteiger partial charge < -0.3 is 15.3 Å². The summed E-state index contributed by atoms with van der Waals surface area (Å²) in [5.41, 5.74) is 4.53. The Labute approximate surface area is 207 Å². The number of aromatic nitrogens is 2. The second-order valence-corrected chi connectivity index (χ2v) is 10.1. The Balaban J connectivity index is 1.33. The van der Waals surface area contributed by atoms with Crippen molar-refractivity contribution in [1.82, 2.24) is 19.8 Å². The molecule has 1 aromatic heterocycles. The average Bonchev–Trinajstić information content (AvgIpc) is 2.99. The predicted molar refractivity (Wildman–Crippen MR) is 137 cm³/mol. The average molecular weight is 474 g/mol. The highest BCUT2D eigenvalue weighted by Crippen LogP contribution is 2.37. The molecule has 7 nitrogen and oxygen atoms in total. The number of likely N-dealkylation sites (tertiary alicyclic amines) is 1. The van der Waals surface area contributed by atoms with Crippen LogP contribution in [0.2, 0.25) is 0 Å². The minimum Gasteiger partial charge on any atom is -0.374 e. The van der Waals surface area contributed by atoms with E-state index in [-0.39, 0.29) is 11.8 Å². The number of rotatable bonds is 5. The zero-order valence-corrected chi connectivity index (χ0v) is 20.8. The monoisotopic (exact) mass is 473 g/mol. The number of benzene rings is 1. The van der Waals surface area contributed by atoms with Crippen molar-refractivity contribution in [1.29, 1.82) is 0 Å². The number of carbonyl (C=O) groups is 1. The summed E-state index contributed by atoms with van der Waals surface area (Å²) in [7, 11) is 1.84. The van der Waals surface area contributed by atoms with Crippen molar-refractivity contribution >= 4 is 17.5 Å². The summed E-state index contributed by atoms with van der Waals surface area (Å²) >= 11 is 0. The van der Waals surface area contributed by atoms with E-state index in [4.69, 9.17) is 4.98 Å². The number of aliphatic hydroxyl groups excluding tert-OH is 1. The SMILES string of the molecule is CCC1CCC(C)N(C(O)c2ccc(Nc3ncc4c(n3)C3CC=CC=C3N(C)C(=O)C4)cc2)C1. The molecule has 2 N–H and O–H groups in total. The van der Waals surface area contributed by atoms with Crippen molar-refractivity contribution in [2.45, 2.75) is 64.1 Å². The maximum atomic E-state index is 12.6. The third-order valence-electron chi connectivity index (χ3n) is 7.85. The molecule has 1 aliphatic carbocycles. The van der Waals surface area contributed by atoms with Gasteiger partial charge in [0.05, 0.1) is 12.1 Å². The predicted octanol–water partition coefficient (Wildman–Crippen LogP) is 4.66. The first-order valence-corrected chi connectivity index (χ1v) is 12.7. The lowest BCUT2D eigenvalue weighted by molar-refractivity contribution is -0.127. The quantitative estimate of drug-likeness (QED) is 0.657. The summed E-state index contributed by atoms with van der Waals surface area (Å²) in [6, 6.07) is 8.24. The summed E-state index contributed by atoms with van der Waals surface area (Å²) < 4.78 is 0. The second-order valence-electron chi connectivity index (χ2n) is 10.1. The molecular weight excluding hydrogens is 438 g/mol. The van der Waals surface area contributed by atoms with E-state index in [2.05, 4.69) is 35.1 Å². The number of piperidine rings is 1. The van der Waals surface area contributed by atoms with Gasteiger partial charge in [0.25, 0.3) is 0 Å². The Kier molecular flexibility index (Phi) is 6.71. The number of aliphatic hydroxyl groups is 1. The summed E-state index contributed by atoms with van der Waals surface area (Å²) in [5.74, 6) is 1.27. The third-order valence-corrected chi connectivity index (χ3v) is 7.85. The van der Waals surface area contributed by atoms with Gasteiger partial charge in [0.15, 0.2) is 0 Å². The molecule has 1 fully saturated rings. The van der Waals surface area contributed by atoms with E-state index in [0.717, 1.165) is 54.0 Å². The van der Waals surface area contributed by atoms with Crippen molar-refractivity contribution < 1.29 is 9.90 Å². The molecule has 2 aromatic rings. The molecule has 1 amide bonds. The molecule has 0 spiro atoms. The van der Waals surface area contributed by atoms with E-state index in [0.29, 0.717) is 24.3 Å². The molecule has 184 valence electrons. The number of allylic oxidation sites excluding steroid dienone is 4. The molecule has 3 aliphatic rings. The highest BCUT2D eigenvalue weighted by atomic mass is 16.3. The van der Waals surface area contributed by atoms with Gasteiger partial charge in [-0.05, 0) is 55.9 Å². The fourth-order valence-electron chi connectivity index (χ4n) is 5.50. The van der Waals surface area contributed by atoms with Crippen LogP contribution >= 0.6 is 0 Å². The molecule has 0 saturated carbocycles. The normalized spacial score (nSPS) is 25.4. The van der Waals surface area contributed by atoms with E-state index in [1.807, 2.05) is 43.5 Å².